The topological polar surface area (TPSA) is 71.2 Å². The van der Waals surface area contributed by atoms with Gasteiger partial charge in [-0.1, -0.05) is 25.6 Å². The highest BCUT2D eigenvalue weighted by molar-refractivity contribution is 7.99. The van der Waals surface area contributed by atoms with Crippen LogP contribution in [0.4, 0.5) is 0 Å². The molecule has 3 fully saturated rings. The van der Waals surface area contributed by atoms with Crippen molar-refractivity contribution in [3.05, 3.63) is 5.82 Å². The number of carbonyl (C=O) groups is 1. The predicted molar refractivity (Wildman–Crippen MR) is 80.7 cm³/mol. The van der Waals surface area contributed by atoms with E-state index in [-0.39, 0.29) is 5.75 Å². The second kappa shape index (κ2) is 5.96. The summed E-state index contributed by atoms with van der Waals surface area (Å²) in [5.74, 6) is 1.19. The van der Waals surface area contributed by atoms with Gasteiger partial charge < -0.3 is 14.6 Å². The van der Waals surface area contributed by atoms with Crippen molar-refractivity contribution in [3.8, 4) is 0 Å². The fraction of sp³-hybridized carbons (Fsp3) is 0.786. The largest absolute Gasteiger partial charge is 0.481 e. The monoisotopic (exact) mass is 310 g/mol. The zero-order chi connectivity index (χ0) is 15.0. The van der Waals surface area contributed by atoms with E-state index in [0.717, 1.165) is 17.5 Å². The summed E-state index contributed by atoms with van der Waals surface area (Å²) in [6.45, 7) is 7.67. The number of nitrogens with zero attached hydrogens (tertiary/aromatic N) is 4. The second-order valence-corrected chi connectivity index (χ2v) is 7.20. The van der Waals surface area contributed by atoms with Gasteiger partial charge in [0.2, 0.25) is 0 Å². The fourth-order valence-electron chi connectivity index (χ4n) is 3.44. The van der Waals surface area contributed by atoms with E-state index < -0.39 is 5.97 Å². The average Bonchev–Trinajstić information content (AvgIpc) is 2.90. The maximum Gasteiger partial charge on any atom is 0.313 e. The molecule has 1 N–H and O–H groups in total. The van der Waals surface area contributed by atoms with E-state index in [2.05, 4.69) is 33.5 Å². The van der Waals surface area contributed by atoms with Gasteiger partial charge >= 0.3 is 5.97 Å². The van der Waals surface area contributed by atoms with Crippen molar-refractivity contribution >= 4 is 17.7 Å². The predicted octanol–water partition coefficient (Wildman–Crippen LogP) is 1.84. The summed E-state index contributed by atoms with van der Waals surface area (Å²) in [5, 5.41) is 18.3. The summed E-state index contributed by atoms with van der Waals surface area (Å²) in [7, 11) is 0. The third-order valence-corrected chi connectivity index (χ3v) is 5.41. The number of rotatable bonds is 5. The zero-order valence-corrected chi connectivity index (χ0v) is 13.3. The van der Waals surface area contributed by atoms with Gasteiger partial charge in [-0.3, -0.25) is 4.79 Å². The number of thioether (sulfide) groups is 1. The maximum atomic E-state index is 10.8. The van der Waals surface area contributed by atoms with Crippen molar-refractivity contribution < 1.29 is 9.90 Å². The van der Waals surface area contributed by atoms with E-state index in [4.69, 9.17) is 5.11 Å². The number of hydrogen-bond donors (Lipinski definition) is 1. The van der Waals surface area contributed by atoms with Crippen molar-refractivity contribution in [1.29, 1.82) is 0 Å². The fourth-order valence-corrected chi connectivity index (χ4v) is 4.16. The van der Waals surface area contributed by atoms with Gasteiger partial charge in [-0.15, -0.1) is 10.2 Å². The molecule has 4 heterocycles. The van der Waals surface area contributed by atoms with Crippen LogP contribution in [0.3, 0.4) is 0 Å². The van der Waals surface area contributed by atoms with Crippen LogP contribution >= 0.6 is 11.8 Å². The Morgan fingerprint density at radius 3 is 2.62 bits per heavy atom. The minimum Gasteiger partial charge on any atom is -0.481 e. The van der Waals surface area contributed by atoms with Gasteiger partial charge in [0.15, 0.2) is 5.16 Å². The molecule has 2 bridgehead atoms. The lowest BCUT2D eigenvalue weighted by molar-refractivity contribution is -0.133. The molecule has 0 saturated carbocycles. The van der Waals surface area contributed by atoms with E-state index in [9.17, 15) is 4.79 Å². The van der Waals surface area contributed by atoms with Crippen LogP contribution in [0.25, 0.3) is 0 Å². The average molecular weight is 310 g/mol. The number of piperidine rings is 3. The van der Waals surface area contributed by atoms with E-state index in [1.54, 1.807) is 0 Å². The van der Waals surface area contributed by atoms with Crippen LogP contribution < -0.4 is 0 Å². The van der Waals surface area contributed by atoms with Crippen LogP contribution in [-0.2, 0) is 4.79 Å². The molecule has 0 spiro atoms. The Labute approximate surface area is 128 Å². The van der Waals surface area contributed by atoms with Gasteiger partial charge in [0.05, 0.1) is 11.8 Å². The van der Waals surface area contributed by atoms with E-state index in [0.29, 0.717) is 17.9 Å². The molecule has 1 atom stereocenters. The Morgan fingerprint density at radius 2 is 2.10 bits per heavy atom. The highest BCUT2D eigenvalue weighted by Crippen LogP contribution is 2.39. The van der Waals surface area contributed by atoms with Gasteiger partial charge in [-0.25, -0.2) is 0 Å². The molecule has 0 aromatic carbocycles. The Morgan fingerprint density at radius 1 is 1.38 bits per heavy atom. The summed E-state index contributed by atoms with van der Waals surface area (Å²) >= 11 is 1.29. The summed E-state index contributed by atoms with van der Waals surface area (Å²) in [4.78, 5) is 13.3. The van der Waals surface area contributed by atoms with E-state index in [1.165, 1.54) is 37.7 Å². The SMILES string of the molecule is CC(C)c1nnc(SCC(=O)O)n1C1CN2CCC1CC2. The molecule has 1 unspecified atom stereocenters. The highest BCUT2D eigenvalue weighted by atomic mass is 32.2. The molecule has 6 nitrogen and oxygen atoms in total. The number of aliphatic carboxylic acids is 1. The first-order valence-electron chi connectivity index (χ1n) is 7.58. The van der Waals surface area contributed by atoms with Crippen molar-refractivity contribution in [2.24, 2.45) is 5.92 Å². The lowest BCUT2D eigenvalue weighted by Gasteiger charge is -2.45. The molecule has 0 aliphatic carbocycles. The number of fused-ring (bicyclic) bond motifs is 3. The minimum absolute atomic E-state index is 0.0390. The molecule has 21 heavy (non-hydrogen) atoms. The maximum absolute atomic E-state index is 10.8. The quantitative estimate of drug-likeness (QED) is 0.837. The first-order valence-corrected chi connectivity index (χ1v) is 8.56. The lowest BCUT2D eigenvalue weighted by atomic mass is 9.83. The number of aromatic nitrogens is 3. The first-order chi connectivity index (χ1) is 10.1. The number of carboxylic acid groups (broad SMARTS) is 1. The van der Waals surface area contributed by atoms with Gasteiger partial charge in [0, 0.05) is 12.5 Å². The molecule has 4 rings (SSSR count). The Hall–Kier alpha value is -1.08. The Kier molecular flexibility index (Phi) is 4.21. The molecule has 0 radical (unpaired) electrons. The molecular formula is C14H22N4O2S. The van der Waals surface area contributed by atoms with Crippen LogP contribution in [0.1, 0.15) is 44.5 Å². The highest BCUT2D eigenvalue weighted by Gasteiger charge is 2.37. The molecule has 3 aliphatic rings. The van der Waals surface area contributed by atoms with E-state index in [1.807, 2.05) is 0 Å². The standard InChI is InChI=1S/C14H22N4O2S/c1-9(2)13-15-16-14(21-8-12(19)20)18(13)11-7-17-5-3-10(11)4-6-17/h9-11H,3-8H2,1-2H3,(H,19,20). The Bertz CT molecular complexity index is 523. The molecule has 3 saturated heterocycles. The molecule has 7 heteroatoms. The van der Waals surface area contributed by atoms with Crippen LogP contribution in [0.5, 0.6) is 0 Å². The summed E-state index contributed by atoms with van der Waals surface area (Å²) in [5.41, 5.74) is 0. The van der Waals surface area contributed by atoms with Crippen LogP contribution in [-0.4, -0.2) is 56.1 Å². The molecule has 1 aromatic heterocycles. The van der Waals surface area contributed by atoms with Gasteiger partial charge in [-0.05, 0) is 31.8 Å². The Balaban J connectivity index is 1.90. The van der Waals surface area contributed by atoms with Crippen LogP contribution in [0, 0.1) is 5.92 Å². The number of carboxylic acids is 1. The molecular weight excluding hydrogens is 288 g/mol. The minimum atomic E-state index is -0.811. The molecule has 3 aliphatic heterocycles. The van der Waals surface area contributed by atoms with Crippen molar-refractivity contribution in [2.45, 2.75) is 43.8 Å². The first kappa shape index (κ1) is 14.8. The third kappa shape index (κ3) is 2.94. The smallest absolute Gasteiger partial charge is 0.313 e. The molecule has 0 amide bonds. The van der Waals surface area contributed by atoms with E-state index >= 15 is 0 Å². The van der Waals surface area contributed by atoms with Crippen molar-refractivity contribution in [3.63, 3.8) is 0 Å². The van der Waals surface area contributed by atoms with Crippen molar-refractivity contribution in [2.75, 3.05) is 25.4 Å². The summed E-state index contributed by atoms with van der Waals surface area (Å²) in [6, 6.07) is 0.399. The second-order valence-electron chi connectivity index (χ2n) is 6.25. The zero-order valence-electron chi connectivity index (χ0n) is 12.5. The van der Waals surface area contributed by atoms with Crippen molar-refractivity contribution in [1.82, 2.24) is 19.7 Å². The summed E-state index contributed by atoms with van der Waals surface area (Å²) in [6.07, 6.45) is 2.45. The van der Waals surface area contributed by atoms with Gasteiger partial charge in [0.1, 0.15) is 5.82 Å². The van der Waals surface area contributed by atoms with Gasteiger partial charge in [0.25, 0.3) is 0 Å². The van der Waals surface area contributed by atoms with Crippen LogP contribution in [0.2, 0.25) is 0 Å². The van der Waals surface area contributed by atoms with Crippen LogP contribution in [0.15, 0.2) is 5.16 Å². The number of hydrogen-bond acceptors (Lipinski definition) is 5. The third-order valence-electron chi connectivity index (χ3n) is 4.49. The lowest BCUT2D eigenvalue weighted by Crippen LogP contribution is -2.48. The van der Waals surface area contributed by atoms with Gasteiger partial charge in [-0.2, -0.15) is 0 Å². The molecule has 1 aromatic rings. The molecule has 116 valence electrons. The summed E-state index contributed by atoms with van der Waals surface area (Å²) < 4.78 is 2.23. The normalized spacial score (nSPS) is 28.2.